The molecule has 0 aliphatic carbocycles. The van der Waals surface area contributed by atoms with Crippen LogP contribution >= 0.6 is 15.9 Å². The minimum absolute atomic E-state index is 0.0925. The molecule has 102 valence electrons. The molecule has 1 aromatic carbocycles. The second-order valence-corrected chi connectivity index (χ2v) is 6.37. The average molecular weight is 323 g/mol. The maximum absolute atomic E-state index is 12.2. The van der Waals surface area contributed by atoms with Gasteiger partial charge in [-0.1, -0.05) is 28.1 Å². The Bertz CT molecular complexity index is 503. The van der Waals surface area contributed by atoms with Crippen molar-refractivity contribution in [2.75, 3.05) is 20.1 Å². The Kier molecular flexibility index (Phi) is 3.63. The normalized spacial score (nSPS) is 24.4. The van der Waals surface area contributed by atoms with Gasteiger partial charge in [-0.3, -0.25) is 9.69 Å². The molecular weight excluding hydrogens is 304 g/mol. The monoisotopic (exact) mass is 322 g/mol. The molecule has 1 amide bonds. The van der Waals surface area contributed by atoms with Crippen LogP contribution < -0.4 is 0 Å². The quantitative estimate of drug-likeness (QED) is 0.792. The molecule has 2 heterocycles. The van der Waals surface area contributed by atoms with E-state index in [4.69, 9.17) is 0 Å². The van der Waals surface area contributed by atoms with Crippen LogP contribution in [0, 0.1) is 0 Å². The van der Waals surface area contributed by atoms with Crippen LogP contribution in [0.4, 0.5) is 0 Å². The Morgan fingerprint density at radius 2 is 2.16 bits per heavy atom. The zero-order valence-corrected chi connectivity index (χ0v) is 12.8. The smallest absolute Gasteiger partial charge is 0.239 e. The van der Waals surface area contributed by atoms with Crippen LogP contribution in [-0.4, -0.2) is 41.9 Å². The van der Waals surface area contributed by atoms with Crippen molar-refractivity contribution < 1.29 is 4.79 Å². The summed E-state index contributed by atoms with van der Waals surface area (Å²) in [4.78, 5) is 16.4. The van der Waals surface area contributed by atoms with Gasteiger partial charge in [-0.05, 0) is 43.0 Å². The van der Waals surface area contributed by atoms with Crippen molar-refractivity contribution in [1.82, 2.24) is 9.80 Å². The molecule has 3 rings (SSSR count). The number of rotatable bonds is 1. The van der Waals surface area contributed by atoms with Gasteiger partial charge in [-0.2, -0.15) is 0 Å². The number of carbonyl (C=O) groups excluding carboxylic acids is 1. The molecule has 0 saturated carbocycles. The molecule has 0 bridgehead atoms. The highest BCUT2D eigenvalue weighted by Gasteiger charge is 2.34. The summed E-state index contributed by atoms with van der Waals surface area (Å²) in [5.41, 5.74) is 2.79. The van der Waals surface area contributed by atoms with Crippen molar-refractivity contribution in [3.63, 3.8) is 0 Å². The molecule has 0 N–H and O–H groups in total. The van der Waals surface area contributed by atoms with E-state index in [-0.39, 0.29) is 6.04 Å². The number of hydrogen-bond donors (Lipinski definition) is 0. The fraction of sp³-hybridized carbons (Fsp3) is 0.533. The maximum Gasteiger partial charge on any atom is 0.239 e. The summed E-state index contributed by atoms with van der Waals surface area (Å²) in [5.74, 6) is 0.290. The van der Waals surface area contributed by atoms with Crippen LogP contribution in [0.2, 0.25) is 0 Å². The third-order valence-electron chi connectivity index (χ3n) is 4.30. The lowest BCUT2D eigenvalue weighted by Crippen LogP contribution is -2.40. The van der Waals surface area contributed by atoms with Gasteiger partial charge in [0.05, 0.1) is 6.04 Å². The molecule has 2 aliphatic heterocycles. The lowest BCUT2D eigenvalue weighted by Gasteiger charge is -2.26. The second kappa shape index (κ2) is 5.25. The molecule has 3 nitrogen and oxygen atoms in total. The number of likely N-dealkylation sites (N-methyl/N-ethyl adjacent to an activating group) is 1. The molecule has 1 atom stereocenters. The molecule has 19 heavy (non-hydrogen) atoms. The Morgan fingerprint density at radius 1 is 1.32 bits per heavy atom. The first-order valence-corrected chi connectivity index (χ1v) is 7.71. The number of nitrogens with zero attached hydrogens (tertiary/aromatic N) is 2. The van der Waals surface area contributed by atoms with Gasteiger partial charge in [0, 0.05) is 24.6 Å². The number of amides is 1. The summed E-state index contributed by atoms with van der Waals surface area (Å²) in [7, 11) is 1.91. The number of fused-ring (bicyclic) bond motifs is 1. The van der Waals surface area contributed by atoms with Gasteiger partial charge in [0.1, 0.15) is 0 Å². The van der Waals surface area contributed by atoms with E-state index in [0.29, 0.717) is 5.91 Å². The summed E-state index contributed by atoms with van der Waals surface area (Å²) in [5, 5.41) is 0. The van der Waals surface area contributed by atoms with Crippen LogP contribution in [-0.2, 0) is 17.8 Å². The molecule has 0 radical (unpaired) electrons. The number of likely N-dealkylation sites (tertiary alicyclic amines) is 1. The van der Waals surface area contributed by atoms with Gasteiger partial charge >= 0.3 is 0 Å². The molecule has 2 aliphatic rings. The number of halogens is 1. The number of carbonyl (C=O) groups is 1. The van der Waals surface area contributed by atoms with E-state index in [0.717, 1.165) is 38.9 Å². The lowest BCUT2D eigenvalue weighted by atomic mass is 10.0. The van der Waals surface area contributed by atoms with Crippen LogP contribution in [0.5, 0.6) is 0 Å². The minimum atomic E-state index is 0.0925. The van der Waals surface area contributed by atoms with E-state index in [1.54, 1.807) is 0 Å². The number of benzene rings is 1. The van der Waals surface area contributed by atoms with E-state index in [2.05, 4.69) is 39.0 Å². The standard InChI is InChI=1S/C15H19BrN2O/c1-17-9-7-14(15(17)19)18-8-3-5-12-11(10-18)4-2-6-13(12)16/h2,4,6,14H,3,5,7-10H2,1H3. The molecule has 4 heteroatoms. The van der Waals surface area contributed by atoms with Crippen LogP contribution in [0.25, 0.3) is 0 Å². The fourth-order valence-electron chi connectivity index (χ4n) is 3.20. The summed E-state index contributed by atoms with van der Waals surface area (Å²) < 4.78 is 1.21. The molecule has 0 aromatic heterocycles. The highest BCUT2D eigenvalue weighted by molar-refractivity contribution is 9.10. The van der Waals surface area contributed by atoms with E-state index < -0.39 is 0 Å². The molecule has 1 fully saturated rings. The van der Waals surface area contributed by atoms with Gasteiger partial charge in [-0.25, -0.2) is 0 Å². The predicted molar refractivity (Wildman–Crippen MR) is 78.9 cm³/mol. The Morgan fingerprint density at radius 3 is 2.89 bits per heavy atom. The van der Waals surface area contributed by atoms with Crippen molar-refractivity contribution in [1.29, 1.82) is 0 Å². The first-order chi connectivity index (χ1) is 9.16. The van der Waals surface area contributed by atoms with Crippen LogP contribution in [0.3, 0.4) is 0 Å². The Labute approximate surface area is 122 Å². The lowest BCUT2D eigenvalue weighted by molar-refractivity contribution is -0.131. The summed E-state index contributed by atoms with van der Waals surface area (Å²) >= 11 is 3.65. The molecule has 1 unspecified atom stereocenters. The third kappa shape index (κ3) is 2.43. The minimum Gasteiger partial charge on any atom is -0.344 e. The second-order valence-electron chi connectivity index (χ2n) is 5.52. The first kappa shape index (κ1) is 13.1. The van der Waals surface area contributed by atoms with Crippen LogP contribution in [0.15, 0.2) is 22.7 Å². The molecule has 1 saturated heterocycles. The SMILES string of the molecule is CN1CCC(N2CCCc3c(Br)cccc3C2)C1=O. The van der Waals surface area contributed by atoms with E-state index in [1.807, 2.05) is 11.9 Å². The van der Waals surface area contributed by atoms with E-state index >= 15 is 0 Å². The highest BCUT2D eigenvalue weighted by atomic mass is 79.9. The van der Waals surface area contributed by atoms with Crippen molar-refractivity contribution in [2.45, 2.75) is 31.8 Å². The summed E-state index contributed by atoms with van der Waals surface area (Å²) in [6, 6.07) is 6.49. The molecule has 0 spiro atoms. The van der Waals surface area contributed by atoms with Crippen molar-refractivity contribution >= 4 is 21.8 Å². The fourth-order valence-corrected chi connectivity index (χ4v) is 3.80. The zero-order chi connectivity index (χ0) is 13.4. The average Bonchev–Trinajstić information content (AvgIpc) is 2.63. The summed E-state index contributed by atoms with van der Waals surface area (Å²) in [6.07, 6.45) is 3.20. The van der Waals surface area contributed by atoms with Gasteiger partial charge in [0.15, 0.2) is 0 Å². The van der Waals surface area contributed by atoms with Crippen molar-refractivity contribution in [2.24, 2.45) is 0 Å². The predicted octanol–water partition coefficient (Wildman–Crippen LogP) is 2.43. The molecular formula is C15H19BrN2O. The largest absolute Gasteiger partial charge is 0.344 e. The zero-order valence-electron chi connectivity index (χ0n) is 11.2. The van der Waals surface area contributed by atoms with Gasteiger partial charge < -0.3 is 4.90 Å². The van der Waals surface area contributed by atoms with Gasteiger partial charge in [-0.15, -0.1) is 0 Å². The topological polar surface area (TPSA) is 23.6 Å². The molecule has 1 aromatic rings. The van der Waals surface area contributed by atoms with E-state index in [1.165, 1.54) is 15.6 Å². The first-order valence-electron chi connectivity index (χ1n) is 6.92. The van der Waals surface area contributed by atoms with Crippen molar-refractivity contribution in [3.05, 3.63) is 33.8 Å². The van der Waals surface area contributed by atoms with E-state index in [9.17, 15) is 4.79 Å². The Balaban J connectivity index is 1.85. The third-order valence-corrected chi connectivity index (χ3v) is 5.04. The summed E-state index contributed by atoms with van der Waals surface area (Å²) in [6.45, 7) is 2.82. The van der Waals surface area contributed by atoms with Gasteiger partial charge in [0.25, 0.3) is 0 Å². The maximum atomic E-state index is 12.2. The van der Waals surface area contributed by atoms with Crippen molar-refractivity contribution in [3.8, 4) is 0 Å². The highest BCUT2D eigenvalue weighted by Crippen LogP contribution is 2.28. The number of hydrogen-bond acceptors (Lipinski definition) is 2. The Hall–Kier alpha value is -0.870. The van der Waals surface area contributed by atoms with Crippen LogP contribution in [0.1, 0.15) is 24.0 Å². The van der Waals surface area contributed by atoms with Gasteiger partial charge in [0.2, 0.25) is 5.91 Å².